The summed E-state index contributed by atoms with van der Waals surface area (Å²) in [4.78, 5) is 23.7. The van der Waals surface area contributed by atoms with Crippen molar-refractivity contribution in [2.45, 2.75) is 13.1 Å². The van der Waals surface area contributed by atoms with Crippen molar-refractivity contribution in [3.8, 4) is 11.3 Å². The highest BCUT2D eigenvalue weighted by Gasteiger charge is 2.16. The minimum Gasteiger partial charge on any atom is -0.354 e. The van der Waals surface area contributed by atoms with E-state index in [1.54, 1.807) is 7.05 Å². The minimum absolute atomic E-state index is 0. The maximum Gasteiger partial charge on any atom is 0.194 e. The van der Waals surface area contributed by atoms with Crippen LogP contribution in [0, 0.1) is 0 Å². The molecule has 1 fully saturated rings. The molecule has 9 heteroatoms. The summed E-state index contributed by atoms with van der Waals surface area (Å²) in [5, 5.41) is 3.46. The standard InChI is InChI=1S/C24H32N8.HI/c1-25-24(31(3)18-22-27-17-21(29-22)20-7-5-4-6-8-20)28-16-19-9-10-26-23(15-19)32-13-11-30(2)12-14-32;/h4-10,15,17H,11-14,16,18H2,1-3H3,(H,25,28)(H,27,29);1H. The van der Waals surface area contributed by atoms with E-state index in [1.807, 2.05) is 37.6 Å². The number of hydrogen-bond donors (Lipinski definition) is 2. The van der Waals surface area contributed by atoms with Crippen molar-refractivity contribution in [2.24, 2.45) is 4.99 Å². The van der Waals surface area contributed by atoms with E-state index in [2.05, 4.69) is 71.3 Å². The highest BCUT2D eigenvalue weighted by Crippen LogP contribution is 2.17. The van der Waals surface area contributed by atoms with Gasteiger partial charge in [0.25, 0.3) is 0 Å². The highest BCUT2D eigenvalue weighted by molar-refractivity contribution is 14.0. The normalized spacial score (nSPS) is 14.6. The number of nitrogens with zero attached hydrogens (tertiary/aromatic N) is 6. The zero-order valence-electron chi connectivity index (χ0n) is 19.5. The number of piperazine rings is 1. The number of H-pyrrole nitrogens is 1. The fourth-order valence-corrected chi connectivity index (χ4v) is 3.85. The number of aromatic nitrogens is 3. The van der Waals surface area contributed by atoms with Crippen molar-refractivity contribution in [2.75, 3.05) is 52.2 Å². The van der Waals surface area contributed by atoms with Crippen LogP contribution in [0.3, 0.4) is 0 Å². The summed E-state index contributed by atoms with van der Waals surface area (Å²) < 4.78 is 0. The molecule has 0 saturated carbocycles. The Labute approximate surface area is 213 Å². The van der Waals surface area contributed by atoms with Gasteiger partial charge in [-0.1, -0.05) is 30.3 Å². The number of benzene rings is 1. The van der Waals surface area contributed by atoms with Crippen LogP contribution in [0.2, 0.25) is 0 Å². The molecule has 0 bridgehead atoms. The number of guanidine groups is 1. The van der Waals surface area contributed by atoms with E-state index in [0.717, 1.165) is 55.0 Å². The summed E-state index contributed by atoms with van der Waals surface area (Å²) >= 11 is 0. The molecule has 1 aliphatic heterocycles. The average Bonchev–Trinajstić information content (AvgIpc) is 3.29. The number of nitrogens with one attached hydrogen (secondary N) is 2. The topological polar surface area (TPSA) is 75.7 Å². The summed E-state index contributed by atoms with van der Waals surface area (Å²) in [6.07, 6.45) is 3.77. The second-order valence-electron chi connectivity index (χ2n) is 8.18. The Morgan fingerprint density at radius 3 is 2.61 bits per heavy atom. The van der Waals surface area contributed by atoms with Gasteiger partial charge in [0.2, 0.25) is 0 Å². The largest absolute Gasteiger partial charge is 0.354 e. The maximum absolute atomic E-state index is 4.58. The third-order valence-corrected chi connectivity index (χ3v) is 5.76. The third-order valence-electron chi connectivity index (χ3n) is 5.76. The molecule has 1 aromatic carbocycles. The quantitative estimate of drug-likeness (QED) is 0.274. The smallest absolute Gasteiger partial charge is 0.194 e. The second kappa shape index (κ2) is 12.0. The van der Waals surface area contributed by atoms with Crippen LogP contribution in [-0.2, 0) is 13.1 Å². The lowest BCUT2D eigenvalue weighted by molar-refractivity contribution is 0.312. The van der Waals surface area contributed by atoms with E-state index in [0.29, 0.717) is 13.1 Å². The second-order valence-corrected chi connectivity index (χ2v) is 8.18. The monoisotopic (exact) mass is 560 g/mol. The molecule has 3 aromatic rings. The van der Waals surface area contributed by atoms with E-state index >= 15 is 0 Å². The number of anilines is 1. The SMILES string of the molecule is CN=C(NCc1ccnc(N2CCN(C)CC2)c1)N(C)Cc1ncc(-c2ccccc2)[nH]1.I. The molecule has 176 valence electrons. The summed E-state index contributed by atoms with van der Waals surface area (Å²) in [6, 6.07) is 14.5. The Bertz CT molecular complexity index is 1030. The number of pyridine rings is 1. The Morgan fingerprint density at radius 1 is 1.12 bits per heavy atom. The predicted octanol–water partition coefficient (Wildman–Crippen LogP) is 3.05. The molecule has 0 unspecified atom stereocenters. The molecule has 3 heterocycles. The molecule has 33 heavy (non-hydrogen) atoms. The summed E-state index contributed by atoms with van der Waals surface area (Å²) in [5.74, 6) is 2.76. The van der Waals surface area contributed by atoms with Crippen molar-refractivity contribution >= 4 is 35.8 Å². The van der Waals surface area contributed by atoms with E-state index < -0.39 is 0 Å². The van der Waals surface area contributed by atoms with E-state index in [1.165, 1.54) is 5.56 Å². The molecule has 4 rings (SSSR count). The lowest BCUT2D eigenvalue weighted by atomic mass is 10.2. The molecule has 8 nitrogen and oxygen atoms in total. The molecule has 0 spiro atoms. The fraction of sp³-hybridized carbons (Fsp3) is 0.375. The number of halogens is 1. The summed E-state index contributed by atoms with van der Waals surface area (Å²) in [5.41, 5.74) is 3.34. The van der Waals surface area contributed by atoms with E-state index in [9.17, 15) is 0 Å². The maximum atomic E-state index is 4.58. The molecule has 0 atom stereocenters. The summed E-state index contributed by atoms with van der Waals surface area (Å²) in [7, 11) is 5.99. The predicted molar refractivity (Wildman–Crippen MR) is 145 cm³/mol. The van der Waals surface area contributed by atoms with Crippen LogP contribution < -0.4 is 10.2 Å². The highest BCUT2D eigenvalue weighted by atomic mass is 127. The number of aromatic amines is 1. The first kappa shape index (κ1) is 25.0. The van der Waals surface area contributed by atoms with Crippen molar-refractivity contribution in [3.05, 3.63) is 66.2 Å². The van der Waals surface area contributed by atoms with Crippen molar-refractivity contribution < 1.29 is 0 Å². The molecule has 1 aliphatic rings. The number of imidazole rings is 1. The number of likely N-dealkylation sites (N-methyl/N-ethyl adjacent to an activating group) is 1. The lowest BCUT2D eigenvalue weighted by Crippen LogP contribution is -2.44. The van der Waals surface area contributed by atoms with E-state index in [4.69, 9.17) is 0 Å². The van der Waals surface area contributed by atoms with Gasteiger partial charge in [-0.05, 0) is 30.3 Å². The molecule has 1 saturated heterocycles. The minimum atomic E-state index is 0. The van der Waals surface area contributed by atoms with Gasteiger partial charge in [-0.15, -0.1) is 24.0 Å². The molecule has 2 N–H and O–H groups in total. The molecule has 0 radical (unpaired) electrons. The molecule has 0 amide bonds. The van der Waals surface area contributed by atoms with Gasteiger partial charge in [0, 0.05) is 53.0 Å². The van der Waals surface area contributed by atoms with Crippen LogP contribution in [-0.4, -0.2) is 78.0 Å². The Kier molecular flexibility index (Phi) is 9.07. The van der Waals surface area contributed by atoms with Crippen molar-refractivity contribution in [3.63, 3.8) is 0 Å². The average molecular weight is 560 g/mol. The summed E-state index contributed by atoms with van der Waals surface area (Å²) in [6.45, 7) is 5.49. The van der Waals surface area contributed by atoms with Gasteiger partial charge in [0.1, 0.15) is 11.6 Å². The van der Waals surface area contributed by atoms with Gasteiger partial charge in [-0.25, -0.2) is 9.97 Å². The number of rotatable bonds is 6. The van der Waals surface area contributed by atoms with Crippen LogP contribution >= 0.6 is 24.0 Å². The fourth-order valence-electron chi connectivity index (χ4n) is 3.85. The molecule has 2 aromatic heterocycles. The van der Waals surface area contributed by atoms with Crippen LogP contribution in [0.5, 0.6) is 0 Å². The molecular weight excluding hydrogens is 527 g/mol. The van der Waals surface area contributed by atoms with Gasteiger partial charge < -0.3 is 25.0 Å². The van der Waals surface area contributed by atoms with E-state index in [-0.39, 0.29) is 24.0 Å². The lowest BCUT2D eigenvalue weighted by Gasteiger charge is -2.33. The Morgan fingerprint density at radius 2 is 1.88 bits per heavy atom. The van der Waals surface area contributed by atoms with Gasteiger partial charge in [-0.3, -0.25) is 4.99 Å². The molecule has 0 aliphatic carbocycles. The van der Waals surface area contributed by atoms with Gasteiger partial charge in [0.05, 0.1) is 18.4 Å². The zero-order chi connectivity index (χ0) is 22.3. The molecular formula is C24H33IN8. The Balaban J connectivity index is 0.00000306. The van der Waals surface area contributed by atoms with Gasteiger partial charge in [-0.2, -0.15) is 0 Å². The first-order valence-corrected chi connectivity index (χ1v) is 11.0. The first-order chi connectivity index (χ1) is 15.6. The zero-order valence-corrected chi connectivity index (χ0v) is 21.9. The van der Waals surface area contributed by atoms with Crippen LogP contribution in [0.1, 0.15) is 11.4 Å². The number of aliphatic imine (C=N–C) groups is 1. The van der Waals surface area contributed by atoms with Crippen LogP contribution in [0.25, 0.3) is 11.3 Å². The van der Waals surface area contributed by atoms with Crippen LogP contribution in [0.15, 0.2) is 59.9 Å². The van der Waals surface area contributed by atoms with Crippen LogP contribution in [0.4, 0.5) is 5.82 Å². The van der Waals surface area contributed by atoms with Gasteiger partial charge >= 0.3 is 0 Å². The Hall–Kier alpha value is -2.66. The van der Waals surface area contributed by atoms with Crippen molar-refractivity contribution in [1.82, 2.24) is 30.1 Å². The van der Waals surface area contributed by atoms with Gasteiger partial charge in [0.15, 0.2) is 5.96 Å². The number of hydrogen-bond acceptors (Lipinski definition) is 5. The third kappa shape index (κ3) is 6.67. The first-order valence-electron chi connectivity index (χ1n) is 11.0. The van der Waals surface area contributed by atoms with Crippen molar-refractivity contribution in [1.29, 1.82) is 0 Å².